The third-order valence-electron chi connectivity index (χ3n) is 2.53. The van der Waals surface area contributed by atoms with Crippen molar-refractivity contribution in [2.45, 2.75) is 25.6 Å². The lowest BCUT2D eigenvalue weighted by Crippen LogP contribution is -2.24. The summed E-state index contributed by atoms with van der Waals surface area (Å²) in [6.07, 6.45) is 3.38. The number of hydrogen-bond donors (Lipinski definition) is 1. The van der Waals surface area contributed by atoms with Crippen molar-refractivity contribution in [3.05, 3.63) is 23.8 Å². The Morgan fingerprint density at radius 2 is 2.31 bits per heavy atom. The lowest BCUT2D eigenvalue weighted by atomic mass is 10.2. The number of carbonyl (C=O) groups excluding carboxylic acids is 1. The van der Waals surface area contributed by atoms with E-state index in [-0.39, 0.29) is 17.6 Å². The molecule has 2 rings (SSSR count). The second kappa shape index (κ2) is 4.99. The highest BCUT2D eigenvalue weighted by Gasteiger charge is 2.15. The summed E-state index contributed by atoms with van der Waals surface area (Å²) in [6.45, 7) is 0.711. The summed E-state index contributed by atoms with van der Waals surface area (Å²) < 4.78 is 10.9. The molecular formula is C12H14O4. The van der Waals surface area contributed by atoms with Gasteiger partial charge in [-0.2, -0.15) is 0 Å². The van der Waals surface area contributed by atoms with E-state index < -0.39 is 0 Å². The van der Waals surface area contributed by atoms with E-state index in [1.165, 1.54) is 12.1 Å². The van der Waals surface area contributed by atoms with Gasteiger partial charge in [0.25, 0.3) is 0 Å². The van der Waals surface area contributed by atoms with Gasteiger partial charge in [-0.25, -0.2) is 0 Å². The zero-order valence-corrected chi connectivity index (χ0v) is 8.89. The number of hydrogen-bond acceptors (Lipinski definition) is 4. The van der Waals surface area contributed by atoms with Gasteiger partial charge in [-0.1, -0.05) is 0 Å². The van der Waals surface area contributed by atoms with E-state index in [0.717, 1.165) is 19.3 Å². The molecule has 0 bridgehead atoms. The van der Waals surface area contributed by atoms with Crippen LogP contribution in [0, 0.1) is 0 Å². The van der Waals surface area contributed by atoms with Crippen molar-refractivity contribution >= 4 is 6.29 Å². The Hall–Kier alpha value is -1.55. The van der Waals surface area contributed by atoms with E-state index in [9.17, 15) is 9.90 Å². The van der Waals surface area contributed by atoms with Crippen molar-refractivity contribution in [2.75, 3.05) is 6.61 Å². The zero-order chi connectivity index (χ0) is 11.4. The molecule has 1 N–H and O–H groups in total. The zero-order valence-electron chi connectivity index (χ0n) is 8.89. The molecule has 1 aliphatic heterocycles. The van der Waals surface area contributed by atoms with E-state index in [4.69, 9.17) is 9.47 Å². The van der Waals surface area contributed by atoms with Crippen LogP contribution in [0.5, 0.6) is 11.5 Å². The molecule has 16 heavy (non-hydrogen) atoms. The van der Waals surface area contributed by atoms with Crippen LogP contribution >= 0.6 is 0 Å². The molecule has 0 aliphatic carbocycles. The Labute approximate surface area is 93.8 Å². The first-order valence-electron chi connectivity index (χ1n) is 5.36. The minimum Gasteiger partial charge on any atom is -0.507 e. The number of phenolic OH excluding ortho intramolecular Hbond substituents is 1. The number of benzene rings is 1. The van der Waals surface area contributed by atoms with Crippen LogP contribution in [0.3, 0.4) is 0 Å². The van der Waals surface area contributed by atoms with E-state index in [2.05, 4.69) is 0 Å². The summed E-state index contributed by atoms with van der Waals surface area (Å²) in [7, 11) is 0. The van der Waals surface area contributed by atoms with Crippen molar-refractivity contribution < 1.29 is 19.4 Å². The van der Waals surface area contributed by atoms with Crippen LogP contribution in [0.2, 0.25) is 0 Å². The van der Waals surface area contributed by atoms with Crippen LogP contribution in [-0.4, -0.2) is 24.3 Å². The van der Waals surface area contributed by atoms with Gasteiger partial charge in [-0.3, -0.25) is 4.79 Å². The third-order valence-corrected chi connectivity index (χ3v) is 2.53. The van der Waals surface area contributed by atoms with Crippen LogP contribution in [0.1, 0.15) is 29.6 Å². The molecular weight excluding hydrogens is 208 g/mol. The molecule has 0 radical (unpaired) electrons. The molecule has 0 unspecified atom stereocenters. The number of aldehydes is 1. The molecule has 1 saturated heterocycles. The monoisotopic (exact) mass is 222 g/mol. The maximum Gasteiger partial charge on any atom is 0.199 e. The molecule has 0 saturated carbocycles. The fraction of sp³-hybridized carbons (Fsp3) is 0.417. The lowest BCUT2D eigenvalue weighted by molar-refractivity contribution is -0.105. The molecule has 1 atom stereocenters. The molecule has 0 aromatic heterocycles. The van der Waals surface area contributed by atoms with Crippen LogP contribution in [0.4, 0.5) is 0 Å². The second-order valence-electron chi connectivity index (χ2n) is 3.75. The predicted molar refractivity (Wildman–Crippen MR) is 57.7 cm³/mol. The first-order chi connectivity index (χ1) is 7.79. The van der Waals surface area contributed by atoms with E-state index in [0.29, 0.717) is 18.6 Å². The Morgan fingerprint density at radius 3 is 2.94 bits per heavy atom. The van der Waals surface area contributed by atoms with E-state index in [1.807, 2.05) is 0 Å². The van der Waals surface area contributed by atoms with Gasteiger partial charge in [0.15, 0.2) is 12.6 Å². The molecule has 0 amide bonds. The summed E-state index contributed by atoms with van der Waals surface area (Å²) in [6, 6.07) is 4.61. The van der Waals surface area contributed by atoms with Gasteiger partial charge in [-0.05, 0) is 25.0 Å². The van der Waals surface area contributed by atoms with Gasteiger partial charge in [0.1, 0.15) is 11.5 Å². The molecule has 4 heteroatoms. The van der Waals surface area contributed by atoms with Crippen molar-refractivity contribution in [3.63, 3.8) is 0 Å². The smallest absolute Gasteiger partial charge is 0.199 e. The van der Waals surface area contributed by atoms with E-state index >= 15 is 0 Å². The number of rotatable bonds is 3. The molecule has 1 fully saturated rings. The Balaban J connectivity index is 2.03. The largest absolute Gasteiger partial charge is 0.507 e. The van der Waals surface area contributed by atoms with Gasteiger partial charge in [0.2, 0.25) is 0 Å². The Kier molecular flexibility index (Phi) is 3.41. The number of phenols is 1. The number of aromatic hydroxyl groups is 1. The summed E-state index contributed by atoms with van der Waals surface area (Å²) >= 11 is 0. The normalized spacial score (nSPS) is 20.4. The topological polar surface area (TPSA) is 55.8 Å². The summed E-state index contributed by atoms with van der Waals surface area (Å²) in [5.41, 5.74) is 0.261. The molecule has 1 aromatic rings. The first kappa shape index (κ1) is 11.0. The maximum absolute atomic E-state index is 10.5. The Bertz CT molecular complexity index is 369. The quantitative estimate of drug-likeness (QED) is 0.796. The fourth-order valence-corrected chi connectivity index (χ4v) is 1.65. The van der Waals surface area contributed by atoms with Crippen LogP contribution in [0.25, 0.3) is 0 Å². The van der Waals surface area contributed by atoms with E-state index in [1.54, 1.807) is 6.07 Å². The molecule has 1 aromatic carbocycles. The molecule has 86 valence electrons. The molecule has 4 nitrogen and oxygen atoms in total. The highest BCUT2D eigenvalue weighted by atomic mass is 16.7. The third kappa shape index (κ3) is 2.52. The van der Waals surface area contributed by atoms with Crippen molar-refractivity contribution in [1.29, 1.82) is 0 Å². The number of carbonyl (C=O) groups is 1. The minimum absolute atomic E-state index is 0.0664. The van der Waals surface area contributed by atoms with Gasteiger partial charge < -0.3 is 14.6 Å². The van der Waals surface area contributed by atoms with Gasteiger partial charge in [0, 0.05) is 12.5 Å². The minimum atomic E-state index is -0.241. The Morgan fingerprint density at radius 1 is 1.44 bits per heavy atom. The fourth-order valence-electron chi connectivity index (χ4n) is 1.65. The summed E-state index contributed by atoms with van der Waals surface area (Å²) in [4.78, 5) is 10.5. The summed E-state index contributed by atoms with van der Waals surface area (Å²) in [5.74, 6) is 0.457. The van der Waals surface area contributed by atoms with Crippen molar-refractivity contribution in [1.82, 2.24) is 0 Å². The SMILES string of the molecule is O=Cc1ccc(O[C@@H]2CCCCO2)cc1O. The van der Waals surface area contributed by atoms with Gasteiger partial charge >= 0.3 is 0 Å². The molecule has 1 aliphatic rings. The van der Waals surface area contributed by atoms with Crippen LogP contribution in [-0.2, 0) is 4.74 Å². The van der Waals surface area contributed by atoms with Gasteiger partial charge in [-0.15, -0.1) is 0 Å². The highest BCUT2D eigenvalue weighted by molar-refractivity contribution is 5.79. The van der Waals surface area contributed by atoms with Crippen molar-refractivity contribution in [2.24, 2.45) is 0 Å². The van der Waals surface area contributed by atoms with Crippen molar-refractivity contribution in [3.8, 4) is 11.5 Å². The average molecular weight is 222 g/mol. The average Bonchev–Trinajstić information content (AvgIpc) is 2.31. The molecule has 0 spiro atoms. The summed E-state index contributed by atoms with van der Waals surface area (Å²) in [5, 5.41) is 9.47. The van der Waals surface area contributed by atoms with Crippen LogP contribution in [0.15, 0.2) is 18.2 Å². The van der Waals surface area contributed by atoms with Crippen LogP contribution < -0.4 is 4.74 Å². The second-order valence-corrected chi connectivity index (χ2v) is 3.75. The van der Waals surface area contributed by atoms with Gasteiger partial charge in [0.05, 0.1) is 12.2 Å². The lowest BCUT2D eigenvalue weighted by Gasteiger charge is -2.23. The number of ether oxygens (including phenoxy) is 2. The standard InChI is InChI=1S/C12H14O4/c13-8-9-4-5-10(7-11(9)14)16-12-3-1-2-6-15-12/h4-5,7-8,12,14H,1-3,6H2/t12-/m1/s1. The maximum atomic E-state index is 10.5. The predicted octanol–water partition coefficient (Wildman–Crippen LogP) is 2.11. The first-order valence-corrected chi connectivity index (χ1v) is 5.36. The highest BCUT2D eigenvalue weighted by Crippen LogP contribution is 2.25. The molecule has 1 heterocycles.